The van der Waals surface area contributed by atoms with Crippen molar-refractivity contribution in [1.82, 2.24) is 9.97 Å². The van der Waals surface area contributed by atoms with Crippen LogP contribution in [-0.2, 0) is 0 Å². The molecule has 0 unspecified atom stereocenters. The first-order chi connectivity index (χ1) is 7.68. The van der Waals surface area contributed by atoms with Gasteiger partial charge in [0.1, 0.15) is 5.82 Å². The molecule has 2 aromatic rings. The van der Waals surface area contributed by atoms with Crippen LogP contribution in [0.5, 0.6) is 0 Å². The van der Waals surface area contributed by atoms with Crippen LogP contribution in [0.2, 0.25) is 0 Å². The van der Waals surface area contributed by atoms with Crippen LogP contribution in [0, 0.1) is 0 Å². The Morgan fingerprint density at radius 3 is 2.56 bits per heavy atom. The average molecular weight is 213 g/mol. The SMILES string of the molecule is CC(C)c1nc(N)ccc1-c1ccccn1. The Morgan fingerprint density at radius 1 is 1.12 bits per heavy atom. The highest BCUT2D eigenvalue weighted by Gasteiger charge is 2.11. The van der Waals surface area contributed by atoms with Crippen molar-refractivity contribution in [3.63, 3.8) is 0 Å². The van der Waals surface area contributed by atoms with Gasteiger partial charge in [-0.15, -0.1) is 0 Å². The zero-order chi connectivity index (χ0) is 11.5. The van der Waals surface area contributed by atoms with Gasteiger partial charge in [-0.3, -0.25) is 4.98 Å². The summed E-state index contributed by atoms with van der Waals surface area (Å²) in [5, 5.41) is 0. The molecule has 2 heterocycles. The number of aromatic nitrogens is 2. The molecule has 0 spiro atoms. The molecule has 0 saturated carbocycles. The van der Waals surface area contributed by atoms with Crippen molar-refractivity contribution in [1.29, 1.82) is 0 Å². The average Bonchev–Trinajstić information content (AvgIpc) is 2.30. The molecule has 0 bridgehead atoms. The Kier molecular flexibility index (Phi) is 2.86. The van der Waals surface area contributed by atoms with Crippen molar-refractivity contribution >= 4 is 5.82 Å². The van der Waals surface area contributed by atoms with Crippen molar-refractivity contribution in [3.05, 3.63) is 42.2 Å². The molecule has 0 aliphatic heterocycles. The second-order valence-corrected chi connectivity index (χ2v) is 4.04. The normalized spacial score (nSPS) is 10.7. The van der Waals surface area contributed by atoms with Gasteiger partial charge >= 0.3 is 0 Å². The highest BCUT2D eigenvalue weighted by molar-refractivity contribution is 5.63. The summed E-state index contributed by atoms with van der Waals surface area (Å²) in [6.45, 7) is 4.21. The lowest BCUT2D eigenvalue weighted by Crippen LogP contribution is -2.01. The Hall–Kier alpha value is -1.90. The summed E-state index contributed by atoms with van der Waals surface area (Å²) in [6.07, 6.45) is 1.79. The summed E-state index contributed by atoms with van der Waals surface area (Å²) in [7, 11) is 0. The lowest BCUT2D eigenvalue weighted by Gasteiger charge is -2.11. The first kappa shape index (κ1) is 10.6. The van der Waals surface area contributed by atoms with Crippen molar-refractivity contribution in [2.75, 3.05) is 5.73 Å². The predicted octanol–water partition coefficient (Wildman–Crippen LogP) is 2.85. The molecule has 82 valence electrons. The fourth-order valence-electron chi connectivity index (χ4n) is 1.67. The molecule has 0 atom stereocenters. The topological polar surface area (TPSA) is 51.8 Å². The summed E-state index contributed by atoms with van der Waals surface area (Å²) < 4.78 is 0. The fourth-order valence-corrected chi connectivity index (χ4v) is 1.67. The van der Waals surface area contributed by atoms with E-state index in [4.69, 9.17) is 5.73 Å². The fraction of sp³-hybridized carbons (Fsp3) is 0.231. The number of nitrogens with zero attached hydrogens (tertiary/aromatic N) is 2. The smallest absolute Gasteiger partial charge is 0.123 e. The predicted molar refractivity (Wildman–Crippen MR) is 66.0 cm³/mol. The summed E-state index contributed by atoms with van der Waals surface area (Å²) in [4.78, 5) is 8.73. The van der Waals surface area contributed by atoms with Crippen LogP contribution in [0.1, 0.15) is 25.5 Å². The third kappa shape index (κ3) is 2.03. The molecular formula is C13H15N3. The second-order valence-electron chi connectivity index (χ2n) is 4.04. The maximum absolute atomic E-state index is 5.71. The number of rotatable bonds is 2. The lowest BCUT2D eigenvalue weighted by atomic mass is 10.0. The van der Waals surface area contributed by atoms with E-state index in [2.05, 4.69) is 23.8 Å². The van der Waals surface area contributed by atoms with E-state index in [0.29, 0.717) is 11.7 Å². The van der Waals surface area contributed by atoms with E-state index in [9.17, 15) is 0 Å². The van der Waals surface area contributed by atoms with Gasteiger partial charge in [0.2, 0.25) is 0 Å². The molecule has 3 heteroatoms. The standard InChI is InChI=1S/C13H15N3/c1-9(2)13-10(6-7-12(14)16-13)11-5-3-4-8-15-11/h3-9H,1-2H3,(H2,14,16). The molecular weight excluding hydrogens is 198 g/mol. The zero-order valence-electron chi connectivity index (χ0n) is 9.51. The summed E-state index contributed by atoms with van der Waals surface area (Å²) in [5.74, 6) is 0.892. The number of nitrogens with two attached hydrogens (primary N) is 1. The molecule has 0 saturated heterocycles. The van der Waals surface area contributed by atoms with Gasteiger partial charge in [-0.1, -0.05) is 19.9 Å². The van der Waals surface area contributed by atoms with Crippen LogP contribution in [-0.4, -0.2) is 9.97 Å². The van der Waals surface area contributed by atoms with Gasteiger partial charge < -0.3 is 5.73 Å². The van der Waals surface area contributed by atoms with Crippen LogP contribution in [0.3, 0.4) is 0 Å². The van der Waals surface area contributed by atoms with Gasteiger partial charge in [-0.25, -0.2) is 4.98 Å². The second kappa shape index (κ2) is 4.31. The first-order valence-electron chi connectivity index (χ1n) is 5.36. The van der Waals surface area contributed by atoms with Gasteiger partial charge in [0.05, 0.1) is 11.4 Å². The minimum atomic E-state index is 0.334. The molecule has 0 amide bonds. The maximum atomic E-state index is 5.71. The molecule has 0 aliphatic carbocycles. The number of hydrogen-bond donors (Lipinski definition) is 1. The van der Waals surface area contributed by atoms with Crippen molar-refractivity contribution in [2.24, 2.45) is 0 Å². The number of anilines is 1. The maximum Gasteiger partial charge on any atom is 0.123 e. The van der Waals surface area contributed by atoms with Crippen molar-refractivity contribution in [2.45, 2.75) is 19.8 Å². The minimum Gasteiger partial charge on any atom is -0.384 e. The van der Waals surface area contributed by atoms with E-state index in [-0.39, 0.29) is 0 Å². The van der Waals surface area contributed by atoms with Crippen LogP contribution in [0.15, 0.2) is 36.5 Å². The Balaban J connectivity index is 2.57. The largest absolute Gasteiger partial charge is 0.384 e. The third-order valence-corrected chi connectivity index (χ3v) is 2.43. The van der Waals surface area contributed by atoms with Crippen LogP contribution >= 0.6 is 0 Å². The summed E-state index contributed by atoms with van der Waals surface area (Å²) in [5.41, 5.74) is 8.71. The zero-order valence-corrected chi connectivity index (χ0v) is 9.51. The lowest BCUT2D eigenvalue weighted by molar-refractivity contribution is 0.827. The molecule has 16 heavy (non-hydrogen) atoms. The molecule has 0 aliphatic rings. The van der Waals surface area contributed by atoms with Crippen LogP contribution < -0.4 is 5.73 Å². The molecule has 0 radical (unpaired) electrons. The Bertz CT molecular complexity index is 478. The van der Waals surface area contributed by atoms with Crippen LogP contribution in [0.25, 0.3) is 11.3 Å². The van der Waals surface area contributed by atoms with Crippen LogP contribution in [0.4, 0.5) is 5.82 Å². The van der Waals surface area contributed by atoms with Gasteiger partial charge in [0, 0.05) is 11.8 Å². The molecule has 2 N–H and O–H groups in total. The number of nitrogen functional groups attached to an aromatic ring is 1. The highest BCUT2D eigenvalue weighted by Crippen LogP contribution is 2.26. The third-order valence-electron chi connectivity index (χ3n) is 2.43. The number of pyridine rings is 2. The monoisotopic (exact) mass is 213 g/mol. The Labute approximate surface area is 95.4 Å². The van der Waals surface area contributed by atoms with Gasteiger partial charge in [-0.2, -0.15) is 0 Å². The van der Waals surface area contributed by atoms with E-state index in [1.165, 1.54) is 0 Å². The van der Waals surface area contributed by atoms with E-state index in [1.807, 2.05) is 30.3 Å². The van der Waals surface area contributed by atoms with Gasteiger partial charge in [-0.05, 0) is 30.2 Å². The first-order valence-corrected chi connectivity index (χ1v) is 5.36. The Morgan fingerprint density at radius 2 is 1.94 bits per heavy atom. The highest BCUT2D eigenvalue weighted by atomic mass is 14.8. The van der Waals surface area contributed by atoms with E-state index in [1.54, 1.807) is 6.20 Å². The summed E-state index contributed by atoms with van der Waals surface area (Å²) >= 11 is 0. The van der Waals surface area contributed by atoms with Gasteiger partial charge in [0.15, 0.2) is 0 Å². The quantitative estimate of drug-likeness (QED) is 0.834. The van der Waals surface area contributed by atoms with E-state index in [0.717, 1.165) is 17.0 Å². The molecule has 2 aromatic heterocycles. The molecule has 3 nitrogen and oxygen atoms in total. The van der Waals surface area contributed by atoms with Crippen molar-refractivity contribution < 1.29 is 0 Å². The van der Waals surface area contributed by atoms with E-state index < -0.39 is 0 Å². The summed E-state index contributed by atoms with van der Waals surface area (Å²) in [6, 6.07) is 9.67. The van der Waals surface area contributed by atoms with Crippen molar-refractivity contribution in [3.8, 4) is 11.3 Å². The molecule has 2 rings (SSSR count). The molecule has 0 fully saturated rings. The van der Waals surface area contributed by atoms with Gasteiger partial charge in [0.25, 0.3) is 0 Å². The molecule has 0 aromatic carbocycles. The minimum absolute atomic E-state index is 0.334. The number of hydrogen-bond acceptors (Lipinski definition) is 3. The van der Waals surface area contributed by atoms with E-state index >= 15 is 0 Å².